The molecule has 0 aromatic rings. The number of urea groups is 1. The van der Waals surface area contributed by atoms with Crippen molar-refractivity contribution in [3.8, 4) is 0 Å². The Balaban J connectivity index is 2.26. The van der Waals surface area contributed by atoms with Crippen LogP contribution >= 0.6 is 0 Å². The van der Waals surface area contributed by atoms with Gasteiger partial charge >= 0.3 is 6.03 Å². The maximum absolute atomic E-state index is 12.7. The predicted octanol–water partition coefficient (Wildman–Crippen LogP) is 1.44. The Bertz CT molecular complexity index is 433. The third-order valence-electron chi connectivity index (χ3n) is 4.91. The molecule has 0 unspecified atom stereocenters. The highest BCUT2D eigenvalue weighted by Gasteiger charge is 2.53. The van der Waals surface area contributed by atoms with Crippen LogP contribution in [-0.4, -0.2) is 42.0 Å². The molecule has 1 saturated carbocycles. The number of hydrogen-bond donors (Lipinski definition) is 1. The van der Waals surface area contributed by atoms with Crippen LogP contribution in [0.2, 0.25) is 0 Å². The van der Waals surface area contributed by atoms with Crippen molar-refractivity contribution < 1.29 is 19.1 Å². The average molecular weight is 282 g/mol. The maximum Gasteiger partial charge on any atom is 0.330 e. The normalized spacial score (nSPS) is 24.4. The lowest BCUT2D eigenvalue weighted by molar-refractivity contribution is -0.157. The summed E-state index contributed by atoms with van der Waals surface area (Å²) in [5.41, 5.74) is -1.55. The Kier molecular flexibility index (Phi) is 3.86. The molecule has 0 atom stereocenters. The first-order valence-corrected chi connectivity index (χ1v) is 7.17. The molecular weight excluding hydrogens is 260 g/mol. The van der Waals surface area contributed by atoms with E-state index in [1.165, 1.54) is 0 Å². The molecule has 0 radical (unpaired) electrons. The molecule has 6 nitrogen and oxygen atoms in total. The summed E-state index contributed by atoms with van der Waals surface area (Å²) in [6.07, 6.45) is 3.47. The number of methoxy groups -OCH3 is 1. The third kappa shape index (κ3) is 2.02. The second kappa shape index (κ2) is 5.16. The summed E-state index contributed by atoms with van der Waals surface area (Å²) < 4.78 is 5.48. The second-order valence-electron chi connectivity index (χ2n) is 5.68. The largest absolute Gasteiger partial charge is 0.376 e. The number of barbiturate groups is 1. The molecule has 1 saturated heterocycles. The van der Waals surface area contributed by atoms with Crippen molar-refractivity contribution >= 4 is 17.8 Å². The van der Waals surface area contributed by atoms with Crippen LogP contribution in [0.5, 0.6) is 0 Å². The molecule has 6 heteroatoms. The fourth-order valence-corrected chi connectivity index (χ4v) is 3.04. The number of ether oxygens (including phenoxy) is 1. The number of nitrogens with one attached hydrogen (secondary N) is 1. The molecule has 0 bridgehead atoms. The molecule has 112 valence electrons. The Morgan fingerprint density at radius 3 is 2.20 bits per heavy atom. The number of carbonyl (C=O) groups is 3. The van der Waals surface area contributed by atoms with Gasteiger partial charge in [0.2, 0.25) is 11.8 Å². The topological polar surface area (TPSA) is 75.7 Å². The first kappa shape index (κ1) is 15.0. The van der Waals surface area contributed by atoms with Gasteiger partial charge in [0.1, 0.15) is 5.41 Å². The minimum Gasteiger partial charge on any atom is -0.376 e. The van der Waals surface area contributed by atoms with Gasteiger partial charge in [0.15, 0.2) is 0 Å². The quantitative estimate of drug-likeness (QED) is 0.774. The molecule has 4 amide bonds. The van der Waals surface area contributed by atoms with Crippen molar-refractivity contribution in [2.45, 2.75) is 51.6 Å². The number of carbonyl (C=O) groups excluding carboxylic acids is 3. The smallest absolute Gasteiger partial charge is 0.330 e. The highest BCUT2D eigenvalue weighted by Crippen LogP contribution is 2.38. The van der Waals surface area contributed by atoms with Crippen LogP contribution < -0.4 is 5.32 Å². The fourth-order valence-electron chi connectivity index (χ4n) is 3.04. The van der Waals surface area contributed by atoms with Crippen molar-refractivity contribution in [1.29, 1.82) is 0 Å². The molecule has 2 fully saturated rings. The van der Waals surface area contributed by atoms with E-state index < -0.39 is 23.0 Å². The van der Waals surface area contributed by atoms with Gasteiger partial charge in [-0.1, -0.05) is 13.8 Å². The van der Waals surface area contributed by atoms with Gasteiger partial charge in [-0.15, -0.1) is 0 Å². The molecule has 1 heterocycles. The minimum absolute atomic E-state index is 0.225. The molecule has 1 N–H and O–H groups in total. The summed E-state index contributed by atoms with van der Waals surface area (Å²) in [6, 6.07) is -0.624. The van der Waals surface area contributed by atoms with E-state index in [4.69, 9.17) is 4.74 Å². The van der Waals surface area contributed by atoms with E-state index in [2.05, 4.69) is 5.32 Å². The Hall–Kier alpha value is -1.43. The molecule has 0 spiro atoms. The van der Waals surface area contributed by atoms with Gasteiger partial charge < -0.3 is 4.74 Å². The Morgan fingerprint density at radius 1 is 1.20 bits per heavy atom. The molecule has 2 rings (SSSR count). The van der Waals surface area contributed by atoms with E-state index in [1.807, 2.05) is 0 Å². The lowest BCUT2D eigenvalue weighted by Crippen LogP contribution is -2.66. The zero-order valence-corrected chi connectivity index (χ0v) is 12.3. The summed E-state index contributed by atoms with van der Waals surface area (Å²) in [5, 5.41) is 2.32. The van der Waals surface area contributed by atoms with Crippen LogP contribution in [-0.2, 0) is 14.3 Å². The summed E-state index contributed by atoms with van der Waals surface area (Å²) in [5.74, 6) is -0.867. The number of rotatable bonds is 5. The zero-order chi connectivity index (χ0) is 15.0. The van der Waals surface area contributed by atoms with Crippen molar-refractivity contribution in [3.63, 3.8) is 0 Å². The molecule has 2 aliphatic rings. The zero-order valence-electron chi connectivity index (χ0n) is 12.3. The van der Waals surface area contributed by atoms with E-state index in [-0.39, 0.29) is 12.5 Å². The highest BCUT2D eigenvalue weighted by atomic mass is 16.5. The molecule has 0 aromatic heterocycles. The van der Waals surface area contributed by atoms with E-state index in [0.29, 0.717) is 12.8 Å². The van der Waals surface area contributed by atoms with Gasteiger partial charge in [-0.2, -0.15) is 0 Å². The van der Waals surface area contributed by atoms with Gasteiger partial charge in [-0.05, 0) is 32.1 Å². The second-order valence-corrected chi connectivity index (χ2v) is 5.68. The monoisotopic (exact) mass is 282 g/mol. The summed E-state index contributed by atoms with van der Waals surface area (Å²) >= 11 is 0. The molecule has 1 aliphatic carbocycles. The van der Waals surface area contributed by atoms with E-state index >= 15 is 0 Å². The van der Waals surface area contributed by atoms with Gasteiger partial charge in [0.05, 0.1) is 12.1 Å². The van der Waals surface area contributed by atoms with Gasteiger partial charge in [-0.3, -0.25) is 19.8 Å². The summed E-state index contributed by atoms with van der Waals surface area (Å²) in [6.45, 7) is 3.82. The first-order chi connectivity index (χ1) is 9.44. The van der Waals surface area contributed by atoms with Crippen LogP contribution in [0.25, 0.3) is 0 Å². The molecule has 20 heavy (non-hydrogen) atoms. The van der Waals surface area contributed by atoms with Crippen molar-refractivity contribution in [2.75, 3.05) is 13.7 Å². The minimum atomic E-state index is -1.12. The number of amides is 4. The number of imide groups is 2. The van der Waals surface area contributed by atoms with Gasteiger partial charge in [-0.25, -0.2) is 4.79 Å². The standard InChI is InChI=1S/C14H22N2O4/c1-4-14(5-2)10(17)15-12(19)16(11(14)18)9-13(20-3)7-6-8-13/h4-9H2,1-3H3,(H,15,17,19). The van der Waals surface area contributed by atoms with Crippen LogP contribution in [0.1, 0.15) is 46.0 Å². The van der Waals surface area contributed by atoms with Crippen LogP contribution in [0.3, 0.4) is 0 Å². The lowest BCUT2D eigenvalue weighted by Gasteiger charge is -2.46. The number of hydrogen-bond acceptors (Lipinski definition) is 4. The van der Waals surface area contributed by atoms with Crippen LogP contribution in [0, 0.1) is 5.41 Å². The average Bonchev–Trinajstić information content (AvgIpc) is 2.38. The van der Waals surface area contributed by atoms with E-state index in [9.17, 15) is 14.4 Å². The summed E-state index contributed by atoms with van der Waals surface area (Å²) in [4.78, 5) is 37.9. The highest BCUT2D eigenvalue weighted by molar-refractivity contribution is 6.19. The van der Waals surface area contributed by atoms with Gasteiger partial charge in [0, 0.05) is 7.11 Å². The van der Waals surface area contributed by atoms with Crippen molar-refractivity contribution in [3.05, 3.63) is 0 Å². The number of nitrogens with zero attached hydrogens (tertiary/aromatic N) is 1. The Labute approximate surface area is 118 Å². The first-order valence-electron chi connectivity index (χ1n) is 7.17. The maximum atomic E-state index is 12.7. The SMILES string of the molecule is CCC1(CC)C(=O)NC(=O)N(CC2(OC)CCC2)C1=O. The molecule has 0 aromatic carbocycles. The molecule has 1 aliphatic heterocycles. The predicted molar refractivity (Wildman–Crippen MR) is 71.9 cm³/mol. The Morgan fingerprint density at radius 2 is 1.80 bits per heavy atom. The van der Waals surface area contributed by atoms with Gasteiger partial charge in [0.25, 0.3) is 0 Å². The van der Waals surface area contributed by atoms with E-state index in [1.54, 1.807) is 21.0 Å². The van der Waals surface area contributed by atoms with Crippen molar-refractivity contribution in [1.82, 2.24) is 10.2 Å². The van der Waals surface area contributed by atoms with Crippen molar-refractivity contribution in [2.24, 2.45) is 5.41 Å². The van der Waals surface area contributed by atoms with Crippen LogP contribution in [0.15, 0.2) is 0 Å². The van der Waals surface area contributed by atoms with Crippen LogP contribution in [0.4, 0.5) is 4.79 Å². The summed E-state index contributed by atoms with van der Waals surface area (Å²) in [7, 11) is 1.60. The molecular formula is C14H22N2O4. The third-order valence-corrected chi connectivity index (χ3v) is 4.91. The fraction of sp³-hybridized carbons (Fsp3) is 0.786. The van der Waals surface area contributed by atoms with E-state index in [0.717, 1.165) is 24.2 Å². The lowest BCUT2D eigenvalue weighted by atomic mass is 9.76.